The molecule has 0 aliphatic heterocycles. The van der Waals surface area contributed by atoms with Gasteiger partial charge in [-0.25, -0.2) is 0 Å². The minimum Gasteiger partial charge on any atom is -0.493 e. The number of ether oxygens (including phenoxy) is 3. The summed E-state index contributed by atoms with van der Waals surface area (Å²) in [6.45, 7) is 1.40. The van der Waals surface area contributed by atoms with Crippen LogP contribution in [0.25, 0.3) is 0 Å². The maximum Gasteiger partial charge on any atom is 0.162 e. The molecule has 17 heavy (non-hydrogen) atoms. The second kappa shape index (κ2) is 6.20. The summed E-state index contributed by atoms with van der Waals surface area (Å²) in [4.78, 5) is 2.01. The van der Waals surface area contributed by atoms with E-state index in [2.05, 4.69) is 0 Å². The zero-order valence-electron chi connectivity index (χ0n) is 10.8. The number of anilines is 2. The van der Waals surface area contributed by atoms with Crippen molar-refractivity contribution >= 4 is 11.4 Å². The number of methoxy groups -OCH3 is 3. The van der Waals surface area contributed by atoms with Crippen molar-refractivity contribution in [2.75, 3.05) is 52.2 Å². The van der Waals surface area contributed by atoms with Crippen molar-refractivity contribution in [3.8, 4) is 11.5 Å². The lowest BCUT2D eigenvalue weighted by Crippen LogP contribution is -2.23. The van der Waals surface area contributed by atoms with E-state index in [0.29, 0.717) is 23.8 Å². The minimum absolute atomic E-state index is 0.633. The molecule has 2 N–H and O–H groups in total. The molecule has 0 amide bonds. The molecule has 96 valence electrons. The average molecular weight is 240 g/mol. The normalized spacial score (nSPS) is 10.1. The van der Waals surface area contributed by atoms with Crippen molar-refractivity contribution < 1.29 is 14.2 Å². The maximum absolute atomic E-state index is 5.98. The fourth-order valence-electron chi connectivity index (χ4n) is 1.56. The quantitative estimate of drug-likeness (QED) is 0.761. The van der Waals surface area contributed by atoms with Crippen LogP contribution in [0.1, 0.15) is 0 Å². The Balaban J connectivity index is 2.99. The second-order valence-electron chi connectivity index (χ2n) is 3.68. The number of rotatable bonds is 6. The van der Waals surface area contributed by atoms with E-state index < -0.39 is 0 Å². The molecule has 0 spiro atoms. The Hall–Kier alpha value is -1.62. The smallest absolute Gasteiger partial charge is 0.162 e. The zero-order valence-corrected chi connectivity index (χ0v) is 10.8. The second-order valence-corrected chi connectivity index (χ2v) is 3.68. The molecular weight excluding hydrogens is 220 g/mol. The lowest BCUT2D eigenvalue weighted by Gasteiger charge is -2.22. The lowest BCUT2D eigenvalue weighted by molar-refractivity contribution is 0.206. The fourth-order valence-corrected chi connectivity index (χ4v) is 1.56. The molecule has 1 aromatic rings. The van der Waals surface area contributed by atoms with Crippen LogP contribution in [0.2, 0.25) is 0 Å². The van der Waals surface area contributed by atoms with Crippen LogP contribution >= 0.6 is 0 Å². The van der Waals surface area contributed by atoms with E-state index in [0.717, 1.165) is 12.2 Å². The Labute approximate surface area is 102 Å². The van der Waals surface area contributed by atoms with E-state index in [4.69, 9.17) is 19.9 Å². The number of hydrogen-bond donors (Lipinski definition) is 1. The highest BCUT2D eigenvalue weighted by Gasteiger charge is 2.12. The Kier molecular flexibility index (Phi) is 4.90. The van der Waals surface area contributed by atoms with Crippen molar-refractivity contribution in [2.24, 2.45) is 0 Å². The van der Waals surface area contributed by atoms with Gasteiger partial charge in [0.1, 0.15) is 0 Å². The molecule has 0 fully saturated rings. The maximum atomic E-state index is 5.98. The molecule has 0 radical (unpaired) electrons. The summed E-state index contributed by atoms with van der Waals surface area (Å²) in [5, 5.41) is 0. The minimum atomic E-state index is 0.633. The van der Waals surface area contributed by atoms with Crippen molar-refractivity contribution in [3.05, 3.63) is 12.1 Å². The first-order chi connectivity index (χ1) is 8.13. The Bertz CT molecular complexity index is 369. The van der Waals surface area contributed by atoms with Gasteiger partial charge in [-0.1, -0.05) is 0 Å². The highest BCUT2D eigenvalue weighted by molar-refractivity contribution is 5.72. The first-order valence-electron chi connectivity index (χ1n) is 5.35. The molecule has 0 atom stereocenters. The topological polar surface area (TPSA) is 57.0 Å². The van der Waals surface area contributed by atoms with Crippen LogP contribution in [0, 0.1) is 0 Å². The van der Waals surface area contributed by atoms with E-state index >= 15 is 0 Å². The summed E-state index contributed by atoms with van der Waals surface area (Å²) in [5.74, 6) is 1.30. The van der Waals surface area contributed by atoms with Gasteiger partial charge in [0.2, 0.25) is 0 Å². The number of hydrogen-bond acceptors (Lipinski definition) is 5. The Morgan fingerprint density at radius 1 is 1.12 bits per heavy atom. The molecule has 0 saturated carbocycles. The molecule has 0 saturated heterocycles. The summed E-state index contributed by atoms with van der Waals surface area (Å²) in [7, 11) is 6.82. The van der Waals surface area contributed by atoms with Crippen molar-refractivity contribution in [1.29, 1.82) is 0 Å². The van der Waals surface area contributed by atoms with Gasteiger partial charge in [0.05, 0.1) is 32.2 Å². The molecule has 5 nitrogen and oxygen atoms in total. The molecule has 0 aliphatic carbocycles. The van der Waals surface area contributed by atoms with E-state index in [-0.39, 0.29) is 0 Å². The molecule has 0 unspecified atom stereocenters. The monoisotopic (exact) mass is 240 g/mol. The van der Waals surface area contributed by atoms with Crippen molar-refractivity contribution in [1.82, 2.24) is 0 Å². The van der Waals surface area contributed by atoms with E-state index in [9.17, 15) is 0 Å². The Morgan fingerprint density at radius 3 is 2.24 bits per heavy atom. The number of benzene rings is 1. The third-order valence-corrected chi connectivity index (χ3v) is 2.57. The largest absolute Gasteiger partial charge is 0.493 e. The summed E-state index contributed by atoms with van der Waals surface area (Å²) in [6, 6.07) is 3.63. The third kappa shape index (κ3) is 3.17. The van der Waals surface area contributed by atoms with Crippen molar-refractivity contribution in [3.63, 3.8) is 0 Å². The van der Waals surface area contributed by atoms with Crippen LogP contribution in [0.5, 0.6) is 11.5 Å². The molecule has 1 rings (SSSR count). The standard InChI is InChI=1S/C12H20N2O3/c1-14(5-6-15-2)10-8-12(17-4)11(16-3)7-9(10)13/h7-8H,5-6,13H2,1-4H3. The van der Waals surface area contributed by atoms with Crippen LogP contribution in [0.4, 0.5) is 11.4 Å². The predicted molar refractivity (Wildman–Crippen MR) is 69.1 cm³/mol. The fraction of sp³-hybridized carbons (Fsp3) is 0.500. The highest BCUT2D eigenvalue weighted by atomic mass is 16.5. The van der Waals surface area contributed by atoms with E-state index in [1.54, 1.807) is 27.4 Å². The van der Waals surface area contributed by atoms with Crippen LogP contribution in [0.15, 0.2) is 12.1 Å². The van der Waals surface area contributed by atoms with Crippen LogP contribution in [-0.2, 0) is 4.74 Å². The summed E-state index contributed by atoms with van der Waals surface area (Å²) in [6.07, 6.45) is 0. The van der Waals surface area contributed by atoms with Crippen LogP contribution in [-0.4, -0.2) is 41.5 Å². The van der Waals surface area contributed by atoms with Crippen LogP contribution in [0.3, 0.4) is 0 Å². The van der Waals surface area contributed by atoms with Gasteiger partial charge in [0.15, 0.2) is 11.5 Å². The predicted octanol–water partition coefficient (Wildman–Crippen LogP) is 1.37. The average Bonchev–Trinajstić information content (AvgIpc) is 2.35. The summed E-state index contributed by atoms with van der Waals surface area (Å²) >= 11 is 0. The molecule has 0 aromatic heterocycles. The van der Waals surface area contributed by atoms with Gasteiger partial charge in [0, 0.05) is 32.8 Å². The van der Waals surface area contributed by atoms with Gasteiger partial charge in [0.25, 0.3) is 0 Å². The van der Waals surface area contributed by atoms with Gasteiger partial charge in [-0.2, -0.15) is 0 Å². The van der Waals surface area contributed by atoms with Gasteiger partial charge in [-0.15, -0.1) is 0 Å². The Morgan fingerprint density at radius 2 is 1.71 bits per heavy atom. The number of nitrogen functional groups attached to an aromatic ring is 1. The molecule has 0 heterocycles. The molecule has 0 bridgehead atoms. The summed E-state index contributed by atoms with van der Waals surface area (Å²) < 4.78 is 15.5. The highest BCUT2D eigenvalue weighted by Crippen LogP contribution is 2.36. The van der Waals surface area contributed by atoms with Crippen LogP contribution < -0.4 is 20.1 Å². The van der Waals surface area contributed by atoms with Crippen molar-refractivity contribution in [2.45, 2.75) is 0 Å². The zero-order chi connectivity index (χ0) is 12.8. The molecule has 0 aliphatic rings. The third-order valence-electron chi connectivity index (χ3n) is 2.57. The van der Waals surface area contributed by atoms with Gasteiger partial charge >= 0.3 is 0 Å². The van der Waals surface area contributed by atoms with E-state index in [1.807, 2.05) is 18.0 Å². The molecule has 1 aromatic carbocycles. The van der Waals surface area contributed by atoms with Gasteiger partial charge in [-0.05, 0) is 0 Å². The molecule has 5 heteroatoms. The van der Waals surface area contributed by atoms with E-state index in [1.165, 1.54) is 0 Å². The molecular formula is C12H20N2O3. The van der Waals surface area contributed by atoms with Gasteiger partial charge < -0.3 is 24.8 Å². The first-order valence-corrected chi connectivity index (χ1v) is 5.35. The first kappa shape index (κ1) is 13.4. The lowest BCUT2D eigenvalue weighted by atomic mass is 10.2. The van der Waals surface area contributed by atoms with Gasteiger partial charge in [-0.3, -0.25) is 0 Å². The number of likely N-dealkylation sites (N-methyl/N-ethyl adjacent to an activating group) is 1. The number of nitrogens with zero attached hydrogens (tertiary/aromatic N) is 1. The summed E-state index contributed by atoms with van der Waals surface area (Å²) in [5.41, 5.74) is 7.53. The SMILES string of the molecule is COCCN(C)c1cc(OC)c(OC)cc1N. The number of nitrogens with two attached hydrogens (primary N) is 1.